The lowest BCUT2D eigenvalue weighted by Gasteiger charge is -2.46. The van der Waals surface area contributed by atoms with E-state index in [9.17, 15) is 4.79 Å². The van der Waals surface area contributed by atoms with E-state index in [1.807, 2.05) is 0 Å². The van der Waals surface area contributed by atoms with E-state index in [2.05, 4.69) is 24.0 Å². The number of hydrogen-bond acceptors (Lipinski definition) is 4. The third-order valence-electron chi connectivity index (χ3n) is 5.68. The van der Waals surface area contributed by atoms with Crippen molar-refractivity contribution in [1.82, 2.24) is 4.90 Å². The lowest BCUT2D eigenvalue weighted by Crippen LogP contribution is -2.47. The molecular formula is C19H27NO3. The van der Waals surface area contributed by atoms with Crippen LogP contribution in [0.3, 0.4) is 0 Å². The van der Waals surface area contributed by atoms with Gasteiger partial charge >= 0.3 is 0 Å². The number of methoxy groups -OCH3 is 2. The van der Waals surface area contributed by atoms with Gasteiger partial charge in [-0.05, 0) is 48.9 Å². The van der Waals surface area contributed by atoms with Crippen LogP contribution in [-0.2, 0) is 11.2 Å². The highest BCUT2D eigenvalue weighted by Crippen LogP contribution is 2.45. The molecule has 2 heterocycles. The molecule has 0 radical (unpaired) electrons. The van der Waals surface area contributed by atoms with Crippen molar-refractivity contribution in [2.45, 2.75) is 39.2 Å². The second kappa shape index (κ2) is 6.52. The van der Waals surface area contributed by atoms with E-state index < -0.39 is 0 Å². The molecule has 3 rings (SSSR count). The molecule has 0 aliphatic carbocycles. The zero-order chi connectivity index (χ0) is 16.6. The zero-order valence-corrected chi connectivity index (χ0v) is 14.6. The van der Waals surface area contributed by atoms with Crippen molar-refractivity contribution in [2.24, 2.45) is 11.8 Å². The predicted molar refractivity (Wildman–Crippen MR) is 90.1 cm³/mol. The smallest absolute Gasteiger partial charge is 0.161 e. The maximum absolute atomic E-state index is 12.1. The molecule has 1 aromatic rings. The Bertz CT molecular complexity index is 599. The molecule has 4 nitrogen and oxygen atoms in total. The molecule has 0 saturated carbocycles. The molecule has 2 aliphatic rings. The molecule has 0 aromatic heterocycles. The number of piperidine rings is 1. The zero-order valence-electron chi connectivity index (χ0n) is 14.6. The number of carbonyl (C=O) groups is 1. The molecule has 1 fully saturated rings. The van der Waals surface area contributed by atoms with Gasteiger partial charge in [-0.2, -0.15) is 0 Å². The highest BCUT2D eigenvalue weighted by molar-refractivity contribution is 5.79. The highest BCUT2D eigenvalue weighted by atomic mass is 16.5. The number of ketones is 1. The van der Waals surface area contributed by atoms with E-state index in [1.54, 1.807) is 21.1 Å². The Labute approximate surface area is 138 Å². The first-order valence-corrected chi connectivity index (χ1v) is 8.58. The number of Topliss-reactive ketones (excluding diaryl/α,β-unsaturated/α-hetero) is 1. The first kappa shape index (κ1) is 16.3. The Balaban J connectivity index is 1.97. The van der Waals surface area contributed by atoms with Crippen molar-refractivity contribution in [1.29, 1.82) is 0 Å². The summed E-state index contributed by atoms with van der Waals surface area (Å²) in [5.74, 6) is 2.59. The minimum absolute atomic E-state index is 0.181. The standard InChI is InChI=1S/C19H27NO3/c1-5-13-11-20-7-6-14-8-18(22-3)19(23-4)10-16(14)17(20)9-15(13)12(2)21/h8,10,13,15,17H,5-7,9,11H2,1-4H3/t13-,15+,17-/m0/s1. The number of benzene rings is 1. The maximum atomic E-state index is 12.1. The van der Waals surface area contributed by atoms with Crippen LogP contribution in [0.5, 0.6) is 11.5 Å². The molecule has 126 valence electrons. The van der Waals surface area contributed by atoms with Crippen molar-refractivity contribution in [3.05, 3.63) is 23.3 Å². The average Bonchev–Trinajstić information content (AvgIpc) is 2.58. The van der Waals surface area contributed by atoms with Crippen LogP contribution in [-0.4, -0.2) is 38.0 Å². The third-order valence-corrected chi connectivity index (χ3v) is 5.68. The van der Waals surface area contributed by atoms with Crippen LogP contribution in [0.1, 0.15) is 43.9 Å². The van der Waals surface area contributed by atoms with Crippen molar-refractivity contribution < 1.29 is 14.3 Å². The van der Waals surface area contributed by atoms with Crippen molar-refractivity contribution in [2.75, 3.05) is 27.3 Å². The van der Waals surface area contributed by atoms with Gasteiger partial charge in [0, 0.05) is 25.0 Å². The summed E-state index contributed by atoms with van der Waals surface area (Å²) in [7, 11) is 3.36. The van der Waals surface area contributed by atoms with E-state index >= 15 is 0 Å². The van der Waals surface area contributed by atoms with Gasteiger partial charge < -0.3 is 9.47 Å². The van der Waals surface area contributed by atoms with E-state index in [1.165, 1.54) is 11.1 Å². The fourth-order valence-electron chi connectivity index (χ4n) is 4.35. The summed E-state index contributed by atoms with van der Waals surface area (Å²) in [6.07, 6.45) is 3.04. The molecule has 3 atom stereocenters. The van der Waals surface area contributed by atoms with Gasteiger partial charge in [0.1, 0.15) is 5.78 Å². The van der Waals surface area contributed by atoms with Crippen LogP contribution < -0.4 is 9.47 Å². The predicted octanol–water partition coefficient (Wildman–Crippen LogP) is 3.24. The molecule has 0 spiro atoms. The fourth-order valence-corrected chi connectivity index (χ4v) is 4.35. The number of ether oxygens (including phenoxy) is 2. The Morgan fingerprint density at radius 3 is 2.57 bits per heavy atom. The maximum Gasteiger partial charge on any atom is 0.161 e. The summed E-state index contributed by atoms with van der Waals surface area (Å²) in [6.45, 7) is 6.04. The minimum Gasteiger partial charge on any atom is -0.493 e. The Hall–Kier alpha value is -1.55. The van der Waals surface area contributed by atoms with Gasteiger partial charge in [-0.1, -0.05) is 13.3 Å². The highest BCUT2D eigenvalue weighted by Gasteiger charge is 2.40. The van der Waals surface area contributed by atoms with Gasteiger partial charge in [-0.25, -0.2) is 0 Å². The molecule has 1 aromatic carbocycles. The number of hydrogen-bond donors (Lipinski definition) is 0. The Morgan fingerprint density at radius 1 is 1.26 bits per heavy atom. The van der Waals surface area contributed by atoms with E-state index in [-0.39, 0.29) is 5.92 Å². The Morgan fingerprint density at radius 2 is 1.96 bits per heavy atom. The van der Waals surface area contributed by atoms with E-state index in [4.69, 9.17) is 9.47 Å². The summed E-state index contributed by atoms with van der Waals surface area (Å²) < 4.78 is 10.9. The van der Waals surface area contributed by atoms with Crippen LogP contribution in [0.2, 0.25) is 0 Å². The van der Waals surface area contributed by atoms with Crippen molar-refractivity contribution in [3.8, 4) is 11.5 Å². The fraction of sp³-hybridized carbons (Fsp3) is 0.632. The number of fused-ring (bicyclic) bond motifs is 3. The normalized spacial score (nSPS) is 27.0. The largest absolute Gasteiger partial charge is 0.493 e. The van der Waals surface area contributed by atoms with Crippen LogP contribution in [0.25, 0.3) is 0 Å². The van der Waals surface area contributed by atoms with Gasteiger partial charge in [0.15, 0.2) is 11.5 Å². The Kier molecular flexibility index (Phi) is 4.62. The van der Waals surface area contributed by atoms with Gasteiger partial charge in [0.2, 0.25) is 0 Å². The van der Waals surface area contributed by atoms with Crippen molar-refractivity contribution in [3.63, 3.8) is 0 Å². The first-order valence-electron chi connectivity index (χ1n) is 8.58. The van der Waals surface area contributed by atoms with Crippen LogP contribution in [0.15, 0.2) is 12.1 Å². The number of carbonyl (C=O) groups excluding carboxylic acids is 1. The second-order valence-electron chi connectivity index (χ2n) is 6.79. The van der Waals surface area contributed by atoms with Gasteiger partial charge in [-0.3, -0.25) is 9.69 Å². The van der Waals surface area contributed by atoms with E-state index in [0.29, 0.717) is 17.7 Å². The molecule has 23 heavy (non-hydrogen) atoms. The molecule has 1 saturated heterocycles. The number of nitrogens with zero attached hydrogens (tertiary/aromatic N) is 1. The lowest BCUT2D eigenvalue weighted by molar-refractivity contribution is -0.125. The quantitative estimate of drug-likeness (QED) is 0.854. The average molecular weight is 317 g/mol. The van der Waals surface area contributed by atoms with E-state index in [0.717, 1.165) is 43.9 Å². The minimum atomic E-state index is 0.181. The number of rotatable bonds is 4. The summed E-state index contributed by atoms with van der Waals surface area (Å²) in [4.78, 5) is 14.7. The third kappa shape index (κ3) is 2.85. The molecule has 0 N–H and O–H groups in total. The first-order chi connectivity index (χ1) is 11.1. The molecule has 0 unspecified atom stereocenters. The molecule has 4 heteroatoms. The van der Waals surface area contributed by atoms with Crippen LogP contribution in [0.4, 0.5) is 0 Å². The summed E-state index contributed by atoms with van der Waals surface area (Å²) in [5.41, 5.74) is 2.65. The monoisotopic (exact) mass is 317 g/mol. The summed E-state index contributed by atoms with van der Waals surface area (Å²) >= 11 is 0. The molecule has 0 bridgehead atoms. The molecule has 0 amide bonds. The second-order valence-corrected chi connectivity index (χ2v) is 6.79. The van der Waals surface area contributed by atoms with Crippen LogP contribution in [0, 0.1) is 11.8 Å². The molecule has 2 aliphatic heterocycles. The van der Waals surface area contributed by atoms with Gasteiger partial charge in [0.05, 0.1) is 14.2 Å². The van der Waals surface area contributed by atoms with Crippen molar-refractivity contribution >= 4 is 5.78 Å². The summed E-state index contributed by atoms with van der Waals surface area (Å²) in [5, 5.41) is 0. The summed E-state index contributed by atoms with van der Waals surface area (Å²) in [6, 6.07) is 4.56. The van der Waals surface area contributed by atoms with Crippen LogP contribution >= 0.6 is 0 Å². The SMILES string of the molecule is CC[C@H]1CN2CCc3cc(OC)c(OC)cc3[C@@H]2C[C@@H]1C(C)=O. The molecular weight excluding hydrogens is 290 g/mol. The lowest BCUT2D eigenvalue weighted by atomic mass is 9.74. The topological polar surface area (TPSA) is 38.8 Å². The van der Waals surface area contributed by atoms with Gasteiger partial charge in [0.25, 0.3) is 0 Å². The van der Waals surface area contributed by atoms with Gasteiger partial charge in [-0.15, -0.1) is 0 Å².